The molecule has 16 rings (SSSR count). The Kier molecular flexibility index (Phi) is 53.2. The Morgan fingerprint density at radius 3 is 0.602 bits per heavy atom. The molecular formula is C66H120Cl6N6O12Pt3. The molecule has 93 heavy (non-hydrogen) atoms. The van der Waals surface area contributed by atoms with Crippen molar-refractivity contribution in [2.45, 2.75) is 284 Å². The van der Waals surface area contributed by atoms with Crippen molar-refractivity contribution in [2.75, 3.05) is 0 Å². The maximum absolute atomic E-state index is 11.3. The van der Waals surface area contributed by atoms with Gasteiger partial charge in [-0.25, -0.2) is 0 Å². The van der Waals surface area contributed by atoms with Crippen LogP contribution in [0, 0.1) is 92.7 Å². The average molecular weight is 1990 g/mol. The summed E-state index contributed by atoms with van der Waals surface area (Å²) in [7, 11) is 29.2. The molecule has 16 aliphatic rings. The first-order valence-corrected chi connectivity index (χ1v) is 50.2. The van der Waals surface area contributed by atoms with E-state index in [1.165, 1.54) is 180 Å². The fourth-order valence-electron chi connectivity index (χ4n) is 20.9. The largest absolute Gasteiger partial charge is 0.693 e. The van der Waals surface area contributed by atoms with E-state index in [4.69, 9.17) is 76.9 Å². The van der Waals surface area contributed by atoms with Gasteiger partial charge in [-0.3, -0.25) is 28.8 Å². The van der Waals surface area contributed by atoms with E-state index in [-0.39, 0.29) is 58.6 Å². The molecule has 18 nitrogen and oxygen atoms in total. The zero-order chi connectivity index (χ0) is 64.2. The molecule has 16 bridgehead atoms. The minimum atomic E-state index is -0.663. The van der Waals surface area contributed by atoms with Crippen molar-refractivity contribution in [3.05, 3.63) is 36.9 Å². The minimum absolute atomic E-state index is 0. The number of halogens is 6. The Hall–Kier alpha value is 0.385. The molecule has 558 valence electrons. The third-order valence-electron chi connectivity index (χ3n) is 22.4. The van der Waals surface area contributed by atoms with Gasteiger partial charge in [-0.2, -0.15) is 0 Å². The molecule has 16 fully saturated rings. The molecule has 0 aromatic rings. The van der Waals surface area contributed by atoms with Crippen LogP contribution in [0.3, 0.4) is 0 Å². The molecule has 0 unspecified atom stereocenters. The van der Waals surface area contributed by atoms with Crippen molar-refractivity contribution in [3.63, 3.8) is 0 Å². The van der Waals surface area contributed by atoms with Crippen LogP contribution in [0.25, 0.3) is 36.9 Å². The van der Waals surface area contributed by atoms with Crippen LogP contribution in [-0.2, 0) is 78.2 Å². The summed E-state index contributed by atoms with van der Waals surface area (Å²) >= 11 is -1.42. The van der Waals surface area contributed by atoms with Crippen LogP contribution in [-0.4, -0.2) is 66.5 Å². The molecule has 0 amide bonds. The van der Waals surface area contributed by atoms with Crippen molar-refractivity contribution in [2.24, 2.45) is 92.7 Å². The molecule has 18 N–H and O–H groups in total. The number of carbonyl (C=O) groups is 6. The van der Waals surface area contributed by atoms with Gasteiger partial charge < -0.3 is 67.5 Å². The van der Waals surface area contributed by atoms with Crippen LogP contribution in [0.15, 0.2) is 0 Å². The molecule has 0 aliphatic heterocycles. The van der Waals surface area contributed by atoms with Gasteiger partial charge in [0.2, 0.25) is 0 Å². The number of hydrogen-bond donors (Lipinski definition) is 6. The normalized spacial score (nSPS) is 32.9. The number of hydrogen-bond acceptors (Lipinski definition) is 6. The van der Waals surface area contributed by atoms with Crippen LogP contribution in [0.5, 0.6) is 0 Å². The fraction of sp³-hybridized carbons (Fsp3) is 0.909. The standard InChI is InChI=1S/2C12H18O2.2C11H16O2.2C10H20O2.6ClH.6H2N.3Pt/c2*13-11(14)7-12-4-8-1-9(5-12)3-10(2-8)6-12;2*12-10(13)11-4-7-1-8(5-11)3-9(2-7)6-11;2*1-2-3-4-5-6-7-8-9-10(11)12;;;;;;;;;;;;;;;/h2*8-10H,1-7H2,(H,13,14);2*7-9H,1-6H2,(H,12,13);2*2-9H2,1H3,(H,11,12);6*1H;6*1H2;;;/q;;;;;;;;;;;;6*-1;3*+4/p-6. The summed E-state index contributed by atoms with van der Waals surface area (Å²) in [4.78, 5) is 64.5. The third kappa shape index (κ3) is 34.3. The van der Waals surface area contributed by atoms with Gasteiger partial charge in [0.1, 0.15) is 0 Å². The van der Waals surface area contributed by atoms with Gasteiger partial charge in [0.15, 0.2) is 0 Å². The Balaban J connectivity index is -0.00000101. The second-order valence-corrected chi connectivity index (χ2v) is 39.5. The van der Waals surface area contributed by atoms with Crippen LogP contribution < -0.4 is 0 Å². The fourth-order valence-corrected chi connectivity index (χ4v) is 20.9. The van der Waals surface area contributed by atoms with Gasteiger partial charge in [-0.05, 0) is 249 Å². The van der Waals surface area contributed by atoms with Crippen molar-refractivity contribution in [1.82, 2.24) is 0 Å². The zero-order valence-corrected chi connectivity index (χ0v) is 66.8. The van der Waals surface area contributed by atoms with Crippen LogP contribution in [0.4, 0.5) is 0 Å². The summed E-state index contributed by atoms with van der Waals surface area (Å²) in [6, 6.07) is 0. The zero-order valence-electron chi connectivity index (χ0n) is 55.4. The molecule has 0 saturated heterocycles. The van der Waals surface area contributed by atoms with Gasteiger partial charge >= 0.3 is 142 Å². The van der Waals surface area contributed by atoms with Gasteiger partial charge in [-0.15, -0.1) is 0 Å². The van der Waals surface area contributed by atoms with E-state index in [2.05, 4.69) is 13.8 Å². The molecule has 16 aliphatic carbocycles. The average Bonchev–Trinajstić information content (AvgIpc) is 0.790. The molecule has 0 spiro atoms. The Morgan fingerprint density at radius 2 is 0.452 bits per heavy atom. The second kappa shape index (κ2) is 50.7. The van der Waals surface area contributed by atoms with Crippen LogP contribution in [0.2, 0.25) is 0 Å². The molecule has 27 heteroatoms. The van der Waals surface area contributed by atoms with Crippen LogP contribution >= 0.6 is 56.5 Å². The van der Waals surface area contributed by atoms with Gasteiger partial charge in [-0.1, -0.05) is 90.9 Å². The predicted molar refractivity (Wildman–Crippen MR) is 370 cm³/mol. The van der Waals surface area contributed by atoms with E-state index in [0.29, 0.717) is 25.7 Å². The van der Waals surface area contributed by atoms with Crippen LogP contribution in [0.1, 0.15) is 284 Å². The monoisotopic (exact) mass is 1980 g/mol. The summed E-state index contributed by atoms with van der Waals surface area (Å²) in [5, 5.41) is 53.2. The predicted octanol–water partition coefficient (Wildman–Crippen LogP) is 24.8. The number of rotatable bonds is 22. The van der Waals surface area contributed by atoms with Gasteiger partial charge in [0, 0.05) is 12.8 Å². The maximum atomic E-state index is 11.3. The second-order valence-electron chi connectivity index (χ2n) is 29.6. The van der Waals surface area contributed by atoms with Crippen molar-refractivity contribution in [1.29, 1.82) is 0 Å². The van der Waals surface area contributed by atoms with Crippen molar-refractivity contribution in [3.8, 4) is 0 Å². The van der Waals surface area contributed by atoms with E-state index in [1.807, 2.05) is 0 Å². The van der Waals surface area contributed by atoms with Crippen molar-refractivity contribution >= 4 is 92.3 Å². The molecular weight excluding hydrogens is 1870 g/mol. The smallest absolute Gasteiger partial charge is 0.693 e. The first-order valence-electron chi connectivity index (χ1n) is 33.3. The first kappa shape index (κ1) is 97.6. The Labute approximate surface area is 608 Å². The number of carboxylic acid groups (broad SMARTS) is 6. The molecule has 0 radical (unpaired) electrons. The van der Waals surface area contributed by atoms with E-state index in [0.717, 1.165) is 135 Å². The number of aliphatic carboxylic acids is 6. The summed E-state index contributed by atoms with van der Waals surface area (Å²) in [6.07, 6.45) is 47.7. The molecule has 0 heterocycles. The number of unbranched alkanes of at least 4 members (excludes halogenated alkanes) is 12. The van der Waals surface area contributed by atoms with Gasteiger partial charge in [0.25, 0.3) is 0 Å². The molecule has 0 aromatic carbocycles. The quantitative estimate of drug-likeness (QED) is 0.0551. The third-order valence-corrected chi connectivity index (χ3v) is 22.4. The summed E-state index contributed by atoms with van der Waals surface area (Å²) in [5.74, 6) is 6.27. The summed E-state index contributed by atoms with van der Waals surface area (Å²) in [5.41, 5.74) is -0.120. The van der Waals surface area contributed by atoms with Gasteiger partial charge in [0.05, 0.1) is 23.7 Å². The number of carboxylic acids is 6. The summed E-state index contributed by atoms with van der Waals surface area (Å²) < 4.78 is 0. The van der Waals surface area contributed by atoms with E-state index < -0.39 is 85.3 Å². The SMILES string of the molecule is CCCCCCCCCC(=O)O.CCCCCCCCCC(=O)O.O=C(O)C12CC3CC(CC(C3)C1)C2.O=C(O)C12CC3CC(CC(C3)C1)C2.O=C(O)CC12CC3CC(CC(C3)C1)C2.O=C(O)CC12CC3CC(CC(C3)C1)C2.[Cl][Pt+2][Cl].[Cl][Pt+2][Cl].[Cl][Pt+2][Cl].[NH2-].[NH2-].[NH2-].[NH2-].[NH2-].[NH2-]. The minimum Gasteiger partial charge on any atom is -0.693 e. The molecule has 0 aromatic heterocycles. The van der Waals surface area contributed by atoms with E-state index >= 15 is 0 Å². The number of nitrogens with two attached hydrogens (primary N) is 6. The molecule has 0 atom stereocenters. The van der Waals surface area contributed by atoms with Crippen molar-refractivity contribution < 1.29 is 109 Å². The molecule has 16 saturated carbocycles. The summed E-state index contributed by atoms with van der Waals surface area (Å²) in [6.45, 7) is 4.40. The van der Waals surface area contributed by atoms with E-state index in [9.17, 15) is 39.0 Å². The first-order chi connectivity index (χ1) is 41.4. The Bertz CT molecular complexity index is 1820. The topological polar surface area (TPSA) is 425 Å². The maximum Gasteiger partial charge on any atom is -0.693 e. The Morgan fingerprint density at radius 1 is 0.290 bits per heavy atom. The van der Waals surface area contributed by atoms with E-state index in [1.54, 1.807) is 0 Å².